The molecular weight excluding hydrogens is 355 g/mol. The number of aryl methyl sites for hydroxylation is 6. The smallest absolute Gasteiger partial charge is 0.226 e. The van der Waals surface area contributed by atoms with E-state index >= 15 is 0 Å². The highest BCUT2D eigenvalue weighted by molar-refractivity contribution is 7.80. The summed E-state index contributed by atoms with van der Waals surface area (Å²) in [6.07, 6.45) is 1.75. The Balaban J connectivity index is 0.00000114. The number of rotatable bonds is 4. The SMILES string of the molecule is C=CC.Cc1cc(C)c(C(=O)[PH](=O)C(=O)c2c(C)cc(C)cc2C)c(C)c1. The topological polar surface area (TPSA) is 51.2 Å². The summed E-state index contributed by atoms with van der Waals surface area (Å²) in [5, 5.41) is 0. The molecule has 0 saturated heterocycles. The second-order valence-corrected chi connectivity index (χ2v) is 8.51. The van der Waals surface area contributed by atoms with E-state index < -0.39 is 18.8 Å². The van der Waals surface area contributed by atoms with E-state index in [1.54, 1.807) is 6.08 Å². The molecule has 0 fully saturated rings. The van der Waals surface area contributed by atoms with E-state index in [0.29, 0.717) is 11.1 Å². The Morgan fingerprint density at radius 3 is 1.19 bits per heavy atom. The first-order chi connectivity index (χ1) is 12.5. The van der Waals surface area contributed by atoms with Gasteiger partial charge in [0.15, 0.2) is 0 Å². The number of hydrogen-bond acceptors (Lipinski definition) is 3. The summed E-state index contributed by atoms with van der Waals surface area (Å²) in [4.78, 5) is 25.4. The van der Waals surface area contributed by atoms with Crippen LogP contribution in [0.4, 0.5) is 0 Å². The van der Waals surface area contributed by atoms with Gasteiger partial charge in [0.2, 0.25) is 18.8 Å². The van der Waals surface area contributed by atoms with Gasteiger partial charge in [-0.15, -0.1) is 6.58 Å². The van der Waals surface area contributed by atoms with Gasteiger partial charge in [0.25, 0.3) is 0 Å². The Kier molecular flexibility index (Phi) is 8.12. The van der Waals surface area contributed by atoms with Gasteiger partial charge in [-0.2, -0.15) is 0 Å². The normalized spacial score (nSPS) is 10.2. The Morgan fingerprint density at radius 2 is 0.963 bits per heavy atom. The van der Waals surface area contributed by atoms with Crippen LogP contribution in [0.25, 0.3) is 0 Å². The summed E-state index contributed by atoms with van der Waals surface area (Å²) < 4.78 is 12.7. The Labute approximate surface area is 163 Å². The van der Waals surface area contributed by atoms with Gasteiger partial charge in [-0.3, -0.25) is 9.59 Å². The summed E-state index contributed by atoms with van der Waals surface area (Å²) in [5.74, 6) is 0. The minimum Gasteiger partial charge on any atom is -0.310 e. The highest BCUT2D eigenvalue weighted by Crippen LogP contribution is 2.36. The standard InChI is InChI=1S/C20H23O3P.C3H6/c1-11-7-13(3)17(14(4)8-11)19(21)24(23)20(22)18-15(5)9-12(2)10-16(18)6;1-3-2/h7-10,24H,1-6H3;3H,1H2,2H3. The summed E-state index contributed by atoms with van der Waals surface area (Å²) in [7, 11) is -3.09. The van der Waals surface area contributed by atoms with Gasteiger partial charge < -0.3 is 4.57 Å². The first-order valence-electron chi connectivity index (χ1n) is 8.91. The fourth-order valence-corrected chi connectivity index (χ4v) is 4.86. The van der Waals surface area contributed by atoms with Crippen LogP contribution in [-0.4, -0.2) is 11.0 Å². The van der Waals surface area contributed by atoms with E-state index in [1.165, 1.54) is 0 Å². The molecule has 0 bridgehead atoms. The van der Waals surface area contributed by atoms with Gasteiger partial charge in [0, 0.05) is 11.1 Å². The van der Waals surface area contributed by atoms with Crippen LogP contribution >= 0.6 is 7.80 Å². The highest BCUT2D eigenvalue weighted by atomic mass is 31.1. The maximum atomic E-state index is 12.7. The second-order valence-electron chi connectivity index (χ2n) is 6.94. The Bertz CT molecular complexity index is 806. The summed E-state index contributed by atoms with van der Waals surface area (Å²) >= 11 is 0. The Hall–Kier alpha value is -2.25. The fraction of sp³-hybridized carbons (Fsp3) is 0.304. The molecular formula is C23H29O3P. The predicted octanol–water partition coefficient (Wildman–Crippen LogP) is 6.27. The first kappa shape index (κ1) is 22.8. The van der Waals surface area contributed by atoms with E-state index in [2.05, 4.69) is 6.58 Å². The fourth-order valence-electron chi connectivity index (χ4n) is 3.41. The van der Waals surface area contributed by atoms with Gasteiger partial charge in [-0.25, -0.2) is 0 Å². The molecule has 4 heteroatoms. The van der Waals surface area contributed by atoms with Crippen molar-refractivity contribution in [3.8, 4) is 0 Å². The molecule has 0 saturated carbocycles. The molecule has 2 aromatic rings. The molecule has 27 heavy (non-hydrogen) atoms. The molecule has 3 nitrogen and oxygen atoms in total. The molecule has 0 aliphatic rings. The van der Waals surface area contributed by atoms with Crippen molar-refractivity contribution in [2.24, 2.45) is 0 Å². The molecule has 0 aliphatic heterocycles. The van der Waals surface area contributed by atoms with Gasteiger partial charge >= 0.3 is 0 Å². The van der Waals surface area contributed by atoms with Gasteiger partial charge in [-0.05, 0) is 70.7 Å². The van der Waals surface area contributed by atoms with Crippen molar-refractivity contribution in [3.05, 3.63) is 81.4 Å². The monoisotopic (exact) mass is 384 g/mol. The lowest BCUT2D eigenvalue weighted by Gasteiger charge is -2.12. The molecule has 144 valence electrons. The van der Waals surface area contributed by atoms with Crippen LogP contribution < -0.4 is 0 Å². The van der Waals surface area contributed by atoms with E-state index in [-0.39, 0.29) is 0 Å². The van der Waals surface area contributed by atoms with Crippen LogP contribution in [0.5, 0.6) is 0 Å². The molecule has 2 aromatic carbocycles. The maximum Gasteiger partial charge on any atom is 0.226 e. The molecule has 2 rings (SSSR count). The number of hydrogen-bond donors (Lipinski definition) is 0. The van der Waals surface area contributed by atoms with Crippen LogP contribution in [0.3, 0.4) is 0 Å². The van der Waals surface area contributed by atoms with Crippen molar-refractivity contribution < 1.29 is 14.2 Å². The van der Waals surface area contributed by atoms with Crippen LogP contribution in [0.15, 0.2) is 36.9 Å². The predicted molar refractivity (Wildman–Crippen MR) is 115 cm³/mol. The third-order valence-corrected chi connectivity index (χ3v) is 5.55. The lowest BCUT2D eigenvalue weighted by molar-refractivity contribution is 0.104. The highest BCUT2D eigenvalue weighted by Gasteiger charge is 2.27. The van der Waals surface area contributed by atoms with Gasteiger partial charge in [0.05, 0.1) is 0 Å². The zero-order valence-corrected chi connectivity index (χ0v) is 18.3. The van der Waals surface area contributed by atoms with Crippen LogP contribution in [0.2, 0.25) is 0 Å². The summed E-state index contributed by atoms with van der Waals surface area (Å²) in [5.41, 5.74) is 4.89. The zero-order chi connectivity index (χ0) is 20.9. The average Bonchev–Trinajstić information content (AvgIpc) is 2.52. The van der Waals surface area contributed by atoms with Crippen molar-refractivity contribution in [2.75, 3.05) is 0 Å². The molecule has 0 N–H and O–H groups in total. The molecule has 0 aliphatic carbocycles. The van der Waals surface area contributed by atoms with Crippen molar-refractivity contribution in [1.29, 1.82) is 0 Å². The third-order valence-electron chi connectivity index (χ3n) is 4.22. The number of carbonyl (C=O) groups excluding carboxylic acids is 2. The first-order valence-corrected chi connectivity index (χ1v) is 10.3. The average molecular weight is 384 g/mol. The van der Waals surface area contributed by atoms with E-state index in [9.17, 15) is 14.2 Å². The molecule has 0 radical (unpaired) electrons. The molecule has 0 heterocycles. The lowest BCUT2D eigenvalue weighted by Crippen LogP contribution is -2.08. The second kappa shape index (κ2) is 9.62. The van der Waals surface area contributed by atoms with Crippen molar-refractivity contribution >= 4 is 18.8 Å². The summed E-state index contributed by atoms with van der Waals surface area (Å²) in [6.45, 7) is 16.4. The van der Waals surface area contributed by atoms with Crippen LogP contribution in [0, 0.1) is 41.5 Å². The molecule has 0 amide bonds. The largest absolute Gasteiger partial charge is 0.310 e. The number of benzene rings is 2. The van der Waals surface area contributed by atoms with Gasteiger partial charge in [0.1, 0.15) is 0 Å². The molecule has 0 aromatic heterocycles. The number of carbonyl (C=O) groups is 2. The van der Waals surface area contributed by atoms with Crippen molar-refractivity contribution in [1.82, 2.24) is 0 Å². The van der Waals surface area contributed by atoms with Crippen LogP contribution in [0.1, 0.15) is 61.0 Å². The quantitative estimate of drug-likeness (QED) is 0.461. The minimum atomic E-state index is -3.09. The van der Waals surface area contributed by atoms with E-state index in [4.69, 9.17) is 0 Å². The van der Waals surface area contributed by atoms with Crippen molar-refractivity contribution in [2.45, 2.75) is 48.5 Å². The van der Waals surface area contributed by atoms with Gasteiger partial charge in [-0.1, -0.05) is 41.5 Å². The van der Waals surface area contributed by atoms with E-state index in [0.717, 1.165) is 33.4 Å². The molecule has 0 unspecified atom stereocenters. The third kappa shape index (κ3) is 5.37. The molecule has 0 spiro atoms. The maximum absolute atomic E-state index is 12.7. The zero-order valence-electron chi connectivity index (χ0n) is 17.3. The molecule has 0 atom stereocenters. The summed E-state index contributed by atoms with van der Waals surface area (Å²) in [6, 6.07) is 7.51. The van der Waals surface area contributed by atoms with Crippen molar-refractivity contribution in [3.63, 3.8) is 0 Å². The Morgan fingerprint density at radius 1 is 0.741 bits per heavy atom. The number of allylic oxidation sites excluding steroid dienone is 1. The van der Waals surface area contributed by atoms with Crippen LogP contribution in [-0.2, 0) is 4.57 Å². The van der Waals surface area contributed by atoms with E-state index in [1.807, 2.05) is 72.7 Å². The minimum absolute atomic E-state index is 0.417. The lowest BCUT2D eigenvalue weighted by atomic mass is 10.0.